The third kappa shape index (κ3) is 3.59. The number of H-pyrrole nitrogens is 1. The van der Waals surface area contributed by atoms with Crippen LogP contribution in [-0.2, 0) is 4.79 Å². The van der Waals surface area contributed by atoms with E-state index in [9.17, 15) is 14.7 Å². The van der Waals surface area contributed by atoms with Crippen molar-refractivity contribution >= 4 is 45.7 Å². The predicted molar refractivity (Wildman–Crippen MR) is 125 cm³/mol. The number of aliphatic hydroxyl groups is 1. The molecule has 8 nitrogen and oxygen atoms in total. The quantitative estimate of drug-likeness (QED) is 0.327. The first-order chi connectivity index (χ1) is 15.9. The number of para-hydroxylation sites is 1. The van der Waals surface area contributed by atoms with Crippen LogP contribution in [0.25, 0.3) is 11.0 Å². The third-order valence-electron chi connectivity index (χ3n) is 5.58. The molecule has 0 saturated heterocycles. The van der Waals surface area contributed by atoms with Gasteiger partial charge in [-0.15, -0.1) is 0 Å². The average molecular weight is 463 g/mol. The number of rotatable bonds is 5. The molecular formula is C24H19ClN4O4. The molecule has 1 atom stereocenters. The van der Waals surface area contributed by atoms with Gasteiger partial charge in [-0.3, -0.25) is 9.59 Å². The lowest BCUT2D eigenvalue weighted by atomic mass is 9.96. The summed E-state index contributed by atoms with van der Waals surface area (Å²) in [4.78, 5) is 33.1. The number of halogens is 1. The molecule has 1 aliphatic heterocycles. The van der Waals surface area contributed by atoms with Crippen molar-refractivity contribution in [3.05, 3.63) is 77.1 Å². The van der Waals surface area contributed by atoms with Crippen molar-refractivity contribution in [1.29, 1.82) is 0 Å². The van der Waals surface area contributed by atoms with Crippen molar-refractivity contribution in [2.24, 2.45) is 0 Å². The number of benzene rings is 2. The highest BCUT2D eigenvalue weighted by Gasteiger charge is 2.39. The number of ketones is 1. The van der Waals surface area contributed by atoms with E-state index in [1.807, 2.05) is 30.3 Å². The van der Waals surface area contributed by atoms with Gasteiger partial charge in [-0.05, 0) is 31.2 Å². The molecule has 0 unspecified atom stereocenters. The van der Waals surface area contributed by atoms with Crippen LogP contribution < -0.4 is 15.4 Å². The molecule has 5 rings (SSSR count). The number of fused-ring (bicyclic) bond motifs is 3. The largest absolute Gasteiger partial charge is 0.457 e. The van der Waals surface area contributed by atoms with E-state index >= 15 is 0 Å². The fourth-order valence-corrected chi connectivity index (χ4v) is 3.97. The van der Waals surface area contributed by atoms with E-state index in [-0.39, 0.29) is 16.7 Å². The number of aromatic amines is 1. The van der Waals surface area contributed by atoms with Gasteiger partial charge in [0, 0.05) is 17.8 Å². The van der Waals surface area contributed by atoms with Gasteiger partial charge in [0.1, 0.15) is 22.7 Å². The maximum absolute atomic E-state index is 13.5. The van der Waals surface area contributed by atoms with Gasteiger partial charge in [0.2, 0.25) is 0 Å². The zero-order valence-corrected chi connectivity index (χ0v) is 18.2. The van der Waals surface area contributed by atoms with Crippen LogP contribution in [-0.4, -0.2) is 38.9 Å². The first-order valence-corrected chi connectivity index (χ1v) is 10.5. The van der Waals surface area contributed by atoms with Crippen molar-refractivity contribution in [3.63, 3.8) is 0 Å². The number of amides is 1. The lowest BCUT2D eigenvalue weighted by Crippen LogP contribution is -2.53. The van der Waals surface area contributed by atoms with Gasteiger partial charge in [-0.2, -0.15) is 0 Å². The summed E-state index contributed by atoms with van der Waals surface area (Å²) in [6.45, 7) is 1.15. The third-order valence-corrected chi connectivity index (χ3v) is 5.89. The summed E-state index contributed by atoms with van der Waals surface area (Å²) in [5.74, 6) is 0.446. The first-order valence-electron chi connectivity index (χ1n) is 10.2. The lowest BCUT2D eigenvalue weighted by Gasteiger charge is -2.34. The summed E-state index contributed by atoms with van der Waals surface area (Å²) < 4.78 is 5.79. The molecule has 0 fully saturated rings. The maximum atomic E-state index is 13.5. The van der Waals surface area contributed by atoms with Crippen molar-refractivity contribution in [2.75, 3.05) is 17.2 Å². The standard InChI is InChI=1S/C24H19ClN4O4/c1-24(12-30)23(32)28-18-11-27-22-19(20(18)29-24)16(10-26-22)21(31)15-8-7-14(9-17(15)25)33-13-5-3-2-4-6-13/h2-11,29-30H,12H2,1H3,(H,26,27)(H,28,32)/t24-/m0/s1. The van der Waals surface area contributed by atoms with E-state index in [0.29, 0.717) is 45.0 Å². The Bertz CT molecular complexity index is 1400. The molecule has 0 bridgehead atoms. The topological polar surface area (TPSA) is 116 Å². The number of carbonyl (C=O) groups excluding carboxylic acids is 2. The summed E-state index contributed by atoms with van der Waals surface area (Å²) >= 11 is 6.46. The minimum Gasteiger partial charge on any atom is -0.457 e. The Labute approximate surface area is 193 Å². The van der Waals surface area contributed by atoms with E-state index in [1.165, 1.54) is 6.20 Å². The molecule has 166 valence electrons. The van der Waals surface area contributed by atoms with E-state index in [0.717, 1.165) is 0 Å². The Kier molecular flexibility index (Phi) is 5.03. The first kappa shape index (κ1) is 21.0. The van der Waals surface area contributed by atoms with E-state index in [4.69, 9.17) is 16.3 Å². The molecule has 33 heavy (non-hydrogen) atoms. The zero-order chi connectivity index (χ0) is 23.2. The normalized spacial score (nSPS) is 17.2. The summed E-state index contributed by atoms with van der Waals surface area (Å²) in [5, 5.41) is 16.3. The predicted octanol–water partition coefficient (Wildman–Crippen LogP) is 4.35. The lowest BCUT2D eigenvalue weighted by molar-refractivity contribution is -0.121. The molecule has 0 aliphatic carbocycles. The van der Waals surface area contributed by atoms with E-state index < -0.39 is 12.1 Å². The molecule has 9 heteroatoms. The molecule has 0 saturated carbocycles. The maximum Gasteiger partial charge on any atom is 0.252 e. The number of nitrogens with zero attached hydrogens (tertiary/aromatic N) is 1. The van der Waals surface area contributed by atoms with E-state index in [1.54, 1.807) is 31.3 Å². The highest BCUT2D eigenvalue weighted by atomic mass is 35.5. The molecular weight excluding hydrogens is 444 g/mol. The number of anilines is 2. The van der Waals surface area contributed by atoms with Crippen LogP contribution in [0.2, 0.25) is 5.02 Å². The second-order valence-corrected chi connectivity index (χ2v) is 8.34. The molecule has 1 aliphatic rings. The van der Waals surface area contributed by atoms with Crippen molar-refractivity contribution in [2.45, 2.75) is 12.5 Å². The Balaban J connectivity index is 1.53. The molecule has 0 radical (unpaired) electrons. The van der Waals surface area contributed by atoms with Gasteiger partial charge in [0.25, 0.3) is 5.91 Å². The SMILES string of the molecule is C[C@@]1(CO)Nc2c(cnc3[nH]cc(C(=O)c4ccc(Oc5ccccc5)cc4Cl)c23)NC1=O. The van der Waals surface area contributed by atoms with Crippen molar-refractivity contribution in [3.8, 4) is 11.5 Å². The van der Waals surface area contributed by atoms with Crippen LogP contribution in [0.1, 0.15) is 22.8 Å². The average Bonchev–Trinajstić information content (AvgIpc) is 3.25. The number of aromatic nitrogens is 2. The second kappa shape index (κ2) is 7.91. The van der Waals surface area contributed by atoms with Crippen molar-refractivity contribution < 1.29 is 19.4 Å². The van der Waals surface area contributed by atoms with Gasteiger partial charge in [0.05, 0.1) is 40.2 Å². The number of hydrogen-bond acceptors (Lipinski definition) is 6. The van der Waals surface area contributed by atoms with Crippen LogP contribution in [0, 0.1) is 0 Å². The van der Waals surface area contributed by atoms with Gasteiger partial charge in [-0.25, -0.2) is 4.98 Å². The fraction of sp³-hybridized carbons (Fsp3) is 0.125. The molecule has 3 heterocycles. The number of hydrogen-bond donors (Lipinski definition) is 4. The molecule has 2 aromatic heterocycles. The summed E-state index contributed by atoms with van der Waals surface area (Å²) in [6, 6.07) is 14.1. The molecule has 1 amide bonds. The Morgan fingerprint density at radius 3 is 2.67 bits per heavy atom. The fourth-order valence-electron chi connectivity index (χ4n) is 3.72. The summed E-state index contributed by atoms with van der Waals surface area (Å²) in [7, 11) is 0. The molecule has 4 N–H and O–H groups in total. The highest BCUT2D eigenvalue weighted by Crippen LogP contribution is 2.39. The zero-order valence-electron chi connectivity index (χ0n) is 17.5. The van der Waals surface area contributed by atoms with Crippen LogP contribution >= 0.6 is 11.6 Å². The Hall–Kier alpha value is -3.88. The van der Waals surface area contributed by atoms with Gasteiger partial charge in [-0.1, -0.05) is 29.8 Å². The van der Waals surface area contributed by atoms with Crippen LogP contribution in [0.3, 0.4) is 0 Å². The van der Waals surface area contributed by atoms with E-state index in [2.05, 4.69) is 20.6 Å². The molecule has 0 spiro atoms. The van der Waals surface area contributed by atoms with Crippen LogP contribution in [0.5, 0.6) is 11.5 Å². The number of pyridine rings is 1. The Morgan fingerprint density at radius 2 is 1.94 bits per heavy atom. The Morgan fingerprint density at radius 1 is 1.15 bits per heavy atom. The molecule has 4 aromatic rings. The minimum atomic E-state index is -1.24. The minimum absolute atomic E-state index is 0.238. The van der Waals surface area contributed by atoms with Gasteiger partial charge >= 0.3 is 0 Å². The summed E-state index contributed by atoms with van der Waals surface area (Å²) in [6.07, 6.45) is 3.05. The van der Waals surface area contributed by atoms with Crippen LogP contribution in [0.15, 0.2) is 60.9 Å². The van der Waals surface area contributed by atoms with Gasteiger partial charge in [0.15, 0.2) is 5.78 Å². The number of nitrogens with one attached hydrogen (secondary N) is 3. The summed E-state index contributed by atoms with van der Waals surface area (Å²) in [5.41, 5.74) is 0.761. The monoisotopic (exact) mass is 462 g/mol. The number of carbonyl (C=O) groups is 2. The van der Waals surface area contributed by atoms with Crippen molar-refractivity contribution in [1.82, 2.24) is 9.97 Å². The molecule has 2 aromatic carbocycles. The van der Waals surface area contributed by atoms with Gasteiger partial charge < -0.3 is 25.5 Å². The highest BCUT2D eigenvalue weighted by molar-refractivity contribution is 6.36. The second-order valence-electron chi connectivity index (χ2n) is 7.93. The smallest absolute Gasteiger partial charge is 0.252 e. The van der Waals surface area contributed by atoms with Crippen LogP contribution in [0.4, 0.5) is 11.4 Å². The number of aliphatic hydroxyl groups excluding tert-OH is 1. The number of ether oxygens (including phenoxy) is 1.